The van der Waals surface area contributed by atoms with Crippen LogP contribution in [0, 0.1) is 0 Å². The van der Waals surface area contributed by atoms with E-state index in [-0.39, 0.29) is 17.6 Å². The number of nitrogens with one attached hydrogen (secondary N) is 2. The summed E-state index contributed by atoms with van der Waals surface area (Å²) in [4.78, 5) is 23.6. The highest BCUT2D eigenvalue weighted by atomic mass is 16.5. The van der Waals surface area contributed by atoms with Crippen molar-refractivity contribution in [2.45, 2.75) is 32.7 Å². The van der Waals surface area contributed by atoms with Gasteiger partial charge in [-0.15, -0.1) is 0 Å². The lowest BCUT2D eigenvalue weighted by Crippen LogP contribution is -2.36. The van der Waals surface area contributed by atoms with E-state index in [1.54, 1.807) is 18.2 Å². The molecule has 0 aliphatic carbocycles. The number of phenolic OH excluding ortho intramolecular Hbond substituents is 1. The molecule has 0 aliphatic heterocycles. The van der Waals surface area contributed by atoms with Crippen LogP contribution >= 0.6 is 0 Å². The maximum atomic E-state index is 11.9. The normalized spacial score (nSPS) is 10.3. The molecule has 2 aromatic carbocycles. The minimum atomic E-state index is -0.304. The van der Waals surface area contributed by atoms with Gasteiger partial charge in [-0.05, 0) is 48.4 Å². The van der Waals surface area contributed by atoms with Gasteiger partial charge in [0.05, 0.1) is 0 Å². The first-order valence-electron chi connectivity index (χ1n) is 8.20. The van der Waals surface area contributed by atoms with E-state index >= 15 is 0 Å². The van der Waals surface area contributed by atoms with E-state index in [0.29, 0.717) is 24.3 Å². The summed E-state index contributed by atoms with van der Waals surface area (Å²) < 4.78 is 5.29. The van der Waals surface area contributed by atoms with Gasteiger partial charge in [-0.3, -0.25) is 15.0 Å². The molecule has 2 aromatic rings. The van der Waals surface area contributed by atoms with Gasteiger partial charge in [0, 0.05) is 18.5 Å². The zero-order valence-corrected chi connectivity index (χ0v) is 14.1. The van der Waals surface area contributed by atoms with Crippen molar-refractivity contribution in [3.8, 4) is 11.5 Å². The molecule has 0 heterocycles. The molecule has 0 fully saturated rings. The Morgan fingerprint density at radius 2 is 1.88 bits per heavy atom. The molecule has 0 unspecified atom stereocenters. The number of phenols is 1. The van der Waals surface area contributed by atoms with Gasteiger partial charge >= 0.3 is 5.97 Å². The summed E-state index contributed by atoms with van der Waals surface area (Å²) in [7, 11) is 0. The SMILES string of the molecule is CCCCC(=O)Oc1cccc(CNNC(=O)c2ccc(O)cc2)c1. The molecule has 6 heteroatoms. The topological polar surface area (TPSA) is 87.7 Å². The predicted molar refractivity (Wildman–Crippen MR) is 94.0 cm³/mol. The number of aromatic hydroxyl groups is 1. The Hall–Kier alpha value is -2.86. The second kappa shape index (κ2) is 9.44. The molecule has 0 radical (unpaired) electrons. The highest BCUT2D eigenvalue weighted by Crippen LogP contribution is 2.14. The van der Waals surface area contributed by atoms with Gasteiger partial charge in [0.15, 0.2) is 0 Å². The fourth-order valence-electron chi connectivity index (χ4n) is 2.13. The Bertz CT molecular complexity index is 714. The molecular formula is C19H22N2O4. The van der Waals surface area contributed by atoms with Crippen molar-refractivity contribution >= 4 is 11.9 Å². The molecule has 6 nitrogen and oxygen atoms in total. The summed E-state index contributed by atoms with van der Waals surface area (Å²) in [5, 5.41) is 9.22. The summed E-state index contributed by atoms with van der Waals surface area (Å²) in [5.74, 6) is 0.0508. The first-order chi connectivity index (χ1) is 12.1. The van der Waals surface area contributed by atoms with Crippen LogP contribution in [0.1, 0.15) is 42.1 Å². The number of ether oxygens (including phenoxy) is 1. The number of carbonyl (C=O) groups is 2. The standard InChI is InChI=1S/C19H22N2O4/c1-2-3-7-18(23)25-17-6-4-5-14(12-17)13-20-21-19(24)15-8-10-16(22)11-9-15/h4-6,8-12,20,22H,2-3,7,13H2,1H3,(H,21,24). The first kappa shape index (κ1) is 18.5. The van der Waals surface area contributed by atoms with Gasteiger partial charge < -0.3 is 9.84 Å². The Labute approximate surface area is 146 Å². The minimum Gasteiger partial charge on any atom is -0.508 e. The summed E-state index contributed by atoms with van der Waals surface area (Å²) in [6.45, 7) is 2.40. The van der Waals surface area contributed by atoms with Crippen LogP contribution in [0.5, 0.6) is 11.5 Å². The molecule has 0 aromatic heterocycles. The van der Waals surface area contributed by atoms with Crippen molar-refractivity contribution in [1.29, 1.82) is 0 Å². The molecule has 0 aliphatic rings. The van der Waals surface area contributed by atoms with Crippen LogP contribution in [0.4, 0.5) is 0 Å². The van der Waals surface area contributed by atoms with Crippen LogP contribution in [0.15, 0.2) is 48.5 Å². The van der Waals surface area contributed by atoms with Gasteiger partial charge in [0.1, 0.15) is 11.5 Å². The summed E-state index contributed by atoms with van der Waals surface area (Å²) in [6, 6.07) is 13.1. The maximum Gasteiger partial charge on any atom is 0.311 e. The van der Waals surface area contributed by atoms with E-state index < -0.39 is 0 Å². The highest BCUT2D eigenvalue weighted by Gasteiger charge is 2.06. The Kier molecular flexibility index (Phi) is 6.98. The second-order valence-corrected chi connectivity index (χ2v) is 5.58. The van der Waals surface area contributed by atoms with Gasteiger partial charge in [-0.1, -0.05) is 25.5 Å². The summed E-state index contributed by atoms with van der Waals surface area (Å²) in [5.41, 5.74) is 6.71. The molecule has 132 valence electrons. The lowest BCUT2D eigenvalue weighted by Gasteiger charge is -2.09. The largest absolute Gasteiger partial charge is 0.508 e. The number of hydrogen-bond donors (Lipinski definition) is 3. The quantitative estimate of drug-likeness (QED) is 0.390. The predicted octanol–water partition coefficient (Wildman–Crippen LogP) is 2.92. The molecule has 0 atom stereocenters. The smallest absolute Gasteiger partial charge is 0.311 e. The molecule has 0 saturated carbocycles. The highest BCUT2D eigenvalue weighted by molar-refractivity contribution is 5.93. The van der Waals surface area contributed by atoms with E-state index in [2.05, 4.69) is 10.9 Å². The van der Waals surface area contributed by atoms with Crippen molar-refractivity contribution < 1.29 is 19.4 Å². The molecule has 3 N–H and O–H groups in total. The molecule has 0 bridgehead atoms. The van der Waals surface area contributed by atoms with Crippen molar-refractivity contribution in [2.75, 3.05) is 0 Å². The maximum absolute atomic E-state index is 11.9. The molecule has 0 spiro atoms. The average molecular weight is 342 g/mol. The monoisotopic (exact) mass is 342 g/mol. The van der Waals surface area contributed by atoms with E-state index in [0.717, 1.165) is 18.4 Å². The van der Waals surface area contributed by atoms with Crippen molar-refractivity contribution in [2.24, 2.45) is 0 Å². The fourth-order valence-corrected chi connectivity index (χ4v) is 2.13. The average Bonchev–Trinajstić information content (AvgIpc) is 2.61. The third kappa shape index (κ3) is 6.27. The van der Waals surface area contributed by atoms with E-state index in [1.165, 1.54) is 24.3 Å². The van der Waals surface area contributed by atoms with E-state index in [1.807, 2.05) is 13.0 Å². The van der Waals surface area contributed by atoms with Gasteiger partial charge in [0.2, 0.25) is 0 Å². The minimum absolute atomic E-state index is 0.106. The number of hydrogen-bond acceptors (Lipinski definition) is 5. The first-order valence-corrected chi connectivity index (χ1v) is 8.20. The third-order valence-electron chi connectivity index (χ3n) is 3.49. The molecule has 0 saturated heterocycles. The lowest BCUT2D eigenvalue weighted by atomic mass is 10.2. The van der Waals surface area contributed by atoms with Gasteiger partial charge in [-0.2, -0.15) is 0 Å². The van der Waals surface area contributed by atoms with Crippen LogP contribution in [-0.2, 0) is 11.3 Å². The van der Waals surface area contributed by atoms with Crippen LogP contribution in [0.25, 0.3) is 0 Å². The number of benzene rings is 2. The summed E-state index contributed by atoms with van der Waals surface area (Å²) >= 11 is 0. The molecule has 1 amide bonds. The number of hydrazine groups is 1. The zero-order chi connectivity index (χ0) is 18.1. The van der Waals surface area contributed by atoms with Gasteiger partial charge in [0.25, 0.3) is 5.91 Å². The Balaban J connectivity index is 1.82. The van der Waals surface area contributed by atoms with E-state index in [9.17, 15) is 14.7 Å². The van der Waals surface area contributed by atoms with Crippen LogP contribution in [-0.4, -0.2) is 17.0 Å². The van der Waals surface area contributed by atoms with Gasteiger partial charge in [-0.25, -0.2) is 5.43 Å². The van der Waals surface area contributed by atoms with Crippen molar-refractivity contribution in [1.82, 2.24) is 10.9 Å². The number of unbranched alkanes of at least 4 members (excludes halogenated alkanes) is 1. The Morgan fingerprint density at radius 3 is 2.60 bits per heavy atom. The van der Waals surface area contributed by atoms with Crippen LogP contribution < -0.4 is 15.6 Å². The van der Waals surface area contributed by atoms with E-state index in [4.69, 9.17) is 4.74 Å². The fraction of sp³-hybridized carbons (Fsp3) is 0.263. The number of rotatable bonds is 8. The number of carbonyl (C=O) groups excluding carboxylic acids is 2. The molecule has 25 heavy (non-hydrogen) atoms. The number of esters is 1. The summed E-state index contributed by atoms with van der Waals surface area (Å²) in [6.07, 6.45) is 2.16. The van der Waals surface area contributed by atoms with Crippen molar-refractivity contribution in [3.63, 3.8) is 0 Å². The Morgan fingerprint density at radius 1 is 1.12 bits per heavy atom. The number of amides is 1. The second-order valence-electron chi connectivity index (χ2n) is 5.58. The lowest BCUT2D eigenvalue weighted by molar-refractivity contribution is -0.134. The van der Waals surface area contributed by atoms with Crippen molar-refractivity contribution in [3.05, 3.63) is 59.7 Å². The van der Waals surface area contributed by atoms with Crippen LogP contribution in [0.3, 0.4) is 0 Å². The molecule has 2 rings (SSSR count). The third-order valence-corrected chi connectivity index (χ3v) is 3.49. The molecular weight excluding hydrogens is 320 g/mol. The van der Waals surface area contributed by atoms with Crippen LogP contribution in [0.2, 0.25) is 0 Å². The zero-order valence-electron chi connectivity index (χ0n) is 14.1.